The SMILES string of the molecule is CN1CCN(CCN2CCNCC2=O)CC1. The third kappa shape index (κ3) is 3.17. The molecule has 0 aliphatic carbocycles. The standard InChI is InChI=1S/C11H22N4O/c1-13-4-6-14(7-5-13)8-9-15-3-2-12-10-11(15)16/h12H,2-10H2,1H3. The minimum atomic E-state index is 0.250. The Hall–Kier alpha value is -0.650. The van der Waals surface area contributed by atoms with Gasteiger partial charge in [-0.25, -0.2) is 0 Å². The minimum Gasteiger partial charge on any atom is -0.339 e. The second-order valence-corrected chi connectivity index (χ2v) is 4.70. The Balaban J connectivity index is 1.68. The van der Waals surface area contributed by atoms with E-state index in [2.05, 4.69) is 22.2 Å². The summed E-state index contributed by atoms with van der Waals surface area (Å²) in [5, 5.41) is 3.10. The number of rotatable bonds is 3. The number of amides is 1. The Morgan fingerprint density at radius 2 is 1.88 bits per heavy atom. The fourth-order valence-electron chi connectivity index (χ4n) is 2.22. The van der Waals surface area contributed by atoms with Gasteiger partial charge in [0.25, 0.3) is 0 Å². The van der Waals surface area contributed by atoms with E-state index in [1.807, 2.05) is 4.90 Å². The molecule has 0 bridgehead atoms. The molecule has 0 aromatic heterocycles. The van der Waals surface area contributed by atoms with Crippen molar-refractivity contribution in [3.05, 3.63) is 0 Å². The number of nitrogens with zero attached hydrogens (tertiary/aromatic N) is 3. The van der Waals surface area contributed by atoms with Gasteiger partial charge in [0.1, 0.15) is 0 Å². The molecule has 0 radical (unpaired) electrons. The minimum absolute atomic E-state index is 0.250. The summed E-state index contributed by atoms with van der Waals surface area (Å²) in [6, 6.07) is 0. The van der Waals surface area contributed by atoms with Crippen LogP contribution in [0.1, 0.15) is 0 Å². The van der Waals surface area contributed by atoms with E-state index in [0.29, 0.717) is 6.54 Å². The predicted molar refractivity (Wildman–Crippen MR) is 63.4 cm³/mol. The first-order valence-electron chi connectivity index (χ1n) is 6.15. The lowest BCUT2D eigenvalue weighted by atomic mass is 10.3. The van der Waals surface area contributed by atoms with Crippen molar-refractivity contribution in [1.82, 2.24) is 20.0 Å². The van der Waals surface area contributed by atoms with E-state index in [-0.39, 0.29) is 5.91 Å². The molecule has 2 fully saturated rings. The molecule has 5 heteroatoms. The molecule has 2 saturated heterocycles. The summed E-state index contributed by atoms with van der Waals surface area (Å²) in [4.78, 5) is 18.3. The van der Waals surface area contributed by atoms with Crippen LogP contribution < -0.4 is 5.32 Å². The van der Waals surface area contributed by atoms with Gasteiger partial charge in [0.2, 0.25) is 5.91 Å². The average molecular weight is 226 g/mol. The fourth-order valence-corrected chi connectivity index (χ4v) is 2.22. The van der Waals surface area contributed by atoms with Crippen LogP contribution in [0.4, 0.5) is 0 Å². The smallest absolute Gasteiger partial charge is 0.236 e. The van der Waals surface area contributed by atoms with Gasteiger partial charge in [-0.15, -0.1) is 0 Å². The van der Waals surface area contributed by atoms with E-state index >= 15 is 0 Å². The second kappa shape index (κ2) is 5.61. The van der Waals surface area contributed by atoms with Crippen molar-refractivity contribution in [3.8, 4) is 0 Å². The molecular formula is C11H22N4O. The Morgan fingerprint density at radius 3 is 2.56 bits per heavy atom. The maximum Gasteiger partial charge on any atom is 0.236 e. The Kier molecular flexibility index (Phi) is 4.15. The number of piperazine rings is 2. The van der Waals surface area contributed by atoms with Crippen LogP contribution in [0.2, 0.25) is 0 Å². The summed E-state index contributed by atoms with van der Waals surface area (Å²) in [5.41, 5.74) is 0. The summed E-state index contributed by atoms with van der Waals surface area (Å²) in [6.45, 7) is 8.81. The molecule has 0 saturated carbocycles. The van der Waals surface area contributed by atoms with Crippen LogP contribution in [-0.4, -0.2) is 86.6 Å². The van der Waals surface area contributed by atoms with Crippen LogP contribution >= 0.6 is 0 Å². The Bertz CT molecular complexity index is 238. The molecule has 0 aromatic rings. The zero-order valence-electron chi connectivity index (χ0n) is 10.1. The molecule has 0 unspecified atom stereocenters. The lowest BCUT2D eigenvalue weighted by Crippen LogP contribution is -2.52. The quantitative estimate of drug-likeness (QED) is 0.647. The van der Waals surface area contributed by atoms with Gasteiger partial charge in [-0.2, -0.15) is 0 Å². The van der Waals surface area contributed by atoms with Crippen LogP contribution in [0.5, 0.6) is 0 Å². The number of nitrogens with one attached hydrogen (secondary N) is 1. The molecule has 0 spiro atoms. The van der Waals surface area contributed by atoms with Gasteiger partial charge in [0, 0.05) is 52.4 Å². The van der Waals surface area contributed by atoms with E-state index in [0.717, 1.165) is 52.4 Å². The second-order valence-electron chi connectivity index (χ2n) is 4.70. The molecule has 92 valence electrons. The molecule has 1 N–H and O–H groups in total. The first kappa shape index (κ1) is 11.8. The van der Waals surface area contributed by atoms with Crippen molar-refractivity contribution >= 4 is 5.91 Å². The van der Waals surface area contributed by atoms with Gasteiger partial charge in [0.15, 0.2) is 0 Å². The van der Waals surface area contributed by atoms with Crippen LogP contribution in [0.3, 0.4) is 0 Å². The monoisotopic (exact) mass is 226 g/mol. The van der Waals surface area contributed by atoms with Gasteiger partial charge >= 0.3 is 0 Å². The fraction of sp³-hybridized carbons (Fsp3) is 0.909. The first-order chi connectivity index (χ1) is 7.75. The van der Waals surface area contributed by atoms with Crippen molar-refractivity contribution in [2.24, 2.45) is 0 Å². The summed E-state index contributed by atoms with van der Waals surface area (Å²) >= 11 is 0. The molecule has 2 heterocycles. The number of likely N-dealkylation sites (N-methyl/N-ethyl adjacent to an activating group) is 1. The molecule has 16 heavy (non-hydrogen) atoms. The van der Waals surface area contributed by atoms with Crippen LogP contribution in [0.25, 0.3) is 0 Å². The van der Waals surface area contributed by atoms with Gasteiger partial charge in [-0.1, -0.05) is 0 Å². The zero-order chi connectivity index (χ0) is 11.4. The maximum absolute atomic E-state index is 11.6. The highest BCUT2D eigenvalue weighted by Gasteiger charge is 2.19. The molecular weight excluding hydrogens is 204 g/mol. The Labute approximate surface area is 97.4 Å². The highest BCUT2D eigenvalue weighted by atomic mass is 16.2. The predicted octanol–water partition coefficient (Wildman–Crippen LogP) is -1.33. The molecule has 2 rings (SSSR count). The van der Waals surface area contributed by atoms with Crippen molar-refractivity contribution < 1.29 is 4.79 Å². The third-order valence-corrected chi connectivity index (χ3v) is 3.47. The van der Waals surface area contributed by atoms with E-state index in [1.54, 1.807) is 0 Å². The summed E-state index contributed by atoms with van der Waals surface area (Å²) in [6.07, 6.45) is 0. The highest BCUT2D eigenvalue weighted by Crippen LogP contribution is 2.00. The normalized spacial score (nSPS) is 25.1. The Morgan fingerprint density at radius 1 is 1.12 bits per heavy atom. The summed E-state index contributed by atoms with van der Waals surface area (Å²) in [5.74, 6) is 0.250. The number of hydrogen-bond acceptors (Lipinski definition) is 4. The molecule has 1 amide bonds. The van der Waals surface area contributed by atoms with E-state index in [1.165, 1.54) is 0 Å². The molecule has 5 nitrogen and oxygen atoms in total. The number of carbonyl (C=O) groups excluding carboxylic acids is 1. The van der Waals surface area contributed by atoms with Crippen LogP contribution in [0.15, 0.2) is 0 Å². The molecule has 0 aromatic carbocycles. The largest absolute Gasteiger partial charge is 0.339 e. The average Bonchev–Trinajstić information content (AvgIpc) is 2.30. The first-order valence-corrected chi connectivity index (χ1v) is 6.15. The lowest BCUT2D eigenvalue weighted by molar-refractivity contribution is -0.132. The third-order valence-electron chi connectivity index (χ3n) is 3.47. The van der Waals surface area contributed by atoms with Crippen molar-refractivity contribution in [3.63, 3.8) is 0 Å². The molecule has 2 aliphatic rings. The van der Waals surface area contributed by atoms with Crippen molar-refractivity contribution in [1.29, 1.82) is 0 Å². The van der Waals surface area contributed by atoms with E-state index in [4.69, 9.17) is 0 Å². The van der Waals surface area contributed by atoms with E-state index in [9.17, 15) is 4.79 Å². The van der Waals surface area contributed by atoms with Gasteiger partial charge in [-0.05, 0) is 7.05 Å². The number of carbonyl (C=O) groups is 1. The van der Waals surface area contributed by atoms with Crippen molar-refractivity contribution in [2.45, 2.75) is 0 Å². The van der Waals surface area contributed by atoms with Gasteiger partial charge < -0.3 is 15.1 Å². The van der Waals surface area contributed by atoms with Gasteiger partial charge in [-0.3, -0.25) is 9.69 Å². The summed E-state index contributed by atoms with van der Waals surface area (Å²) in [7, 11) is 2.16. The highest BCUT2D eigenvalue weighted by molar-refractivity contribution is 5.78. The van der Waals surface area contributed by atoms with Gasteiger partial charge in [0.05, 0.1) is 6.54 Å². The van der Waals surface area contributed by atoms with Crippen molar-refractivity contribution in [2.75, 3.05) is 66.0 Å². The lowest BCUT2D eigenvalue weighted by Gasteiger charge is -2.34. The molecule has 0 atom stereocenters. The topological polar surface area (TPSA) is 38.8 Å². The maximum atomic E-state index is 11.6. The van der Waals surface area contributed by atoms with Crippen LogP contribution in [0, 0.1) is 0 Å². The van der Waals surface area contributed by atoms with E-state index < -0.39 is 0 Å². The van der Waals surface area contributed by atoms with Crippen LogP contribution in [-0.2, 0) is 4.79 Å². The zero-order valence-corrected chi connectivity index (χ0v) is 10.1. The summed E-state index contributed by atoms with van der Waals surface area (Å²) < 4.78 is 0. The number of hydrogen-bond donors (Lipinski definition) is 1. The molecule has 2 aliphatic heterocycles.